The Hall–Kier alpha value is -1.41. The quantitative estimate of drug-likeness (QED) is 0.886. The Kier molecular flexibility index (Phi) is 5.00. The van der Waals surface area contributed by atoms with Gasteiger partial charge in [-0.3, -0.25) is 4.79 Å². The Labute approximate surface area is 132 Å². The van der Waals surface area contributed by atoms with Crippen molar-refractivity contribution in [3.63, 3.8) is 0 Å². The van der Waals surface area contributed by atoms with Crippen molar-refractivity contribution in [2.24, 2.45) is 5.92 Å². The number of carbonyl (C=O) groups excluding carboxylic acids is 1. The highest BCUT2D eigenvalue weighted by molar-refractivity contribution is 9.10. The molecule has 1 saturated carbocycles. The molecule has 1 fully saturated rings. The summed E-state index contributed by atoms with van der Waals surface area (Å²) < 4.78 is 13.9. The molecule has 0 bridgehead atoms. The largest absolute Gasteiger partial charge is 0.334 e. The summed E-state index contributed by atoms with van der Waals surface area (Å²) in [6, 6.07) is 6.29. The molecule has 2 rings (SSSR count). The van der Waals surface area contributed by atoms with Gasteiger partial charge in [-0.1, -0.05) is 29.3 Å². The lowest BCUT2D eigenvalue weighted by Gasteiger charge is -2.35. The Morgan fingerprint density at radius 2 is 2.14 bits per heavy atom. The first-order chi connectivity index (χ1) is 9.98. The van der Waals surface area contributed by atoms with Crippen LogP contribution in [0.15, 0.2) is 22.7 Å². The number of nitrogens with zero attached hydrogens (tertiary/aromatic N) is 1. The lowest BCUT2D eigenvalue weighted by molar-refractivity contribution is 0.0890. The molecular weight excluding hydrogens is 335 g/mol. The van der Waals surface area contributed by atoms with Crippen LogP contribution < -0.4 is 5.32 Å². The van der Waals surface area contributed by atoms with Crippen LogP contribution in [0.1, 0.15) is 49.4 Å². The maximum atomic E-state index is 13.4. The maximum absolute atomic E-state index is 13.4. The van der Waals surface area contributed by atoms with E-state index in [4.69, 9.17) is 0 Å². The molecule has 112 valence electrons. The van der Waals surface area contributed by atoms with Gasteiger partial charge in [0.15, 0.2) is 0 Å². The van der Waals surface area contributed by atoms with E-state index in [0.29, 0.717) is 23.2 Å². The standard InChI is InChI=1S/C16H18BrFN2O/c1-2-11-3-5-16(10-19,6-4-11)20-15(21)12-7-13(17)9-14(18)8-12/h7-9,11H,2-6H2,1H3,(H,20,21). The normalized spacial score (nSPS) is 25.1. The number of benzene rings is 1. The van der Waals surface area contributed by atoms with Crippen molar-refractivity contribution in [1.29, 1.82) is 5.26 Å². The highest BCUT2D eigenvalue weighted by Gasteiger charge is 2.36. The van der Waals surface area contributed by atoms with E-state index in [2.05, 4.69) is 34.2 Å². The van der Waals surface area contributed by atoms with E-state index in [1.165, 1.54) is 12.1 Å². The number of rotatable bonds is 3. The molecule has 0 radical (unpaired) electrons. The molecule has 0 aromatic heterocycles. The van der Waals surface area contributed by atoms with Crippen LogP contribution in [0.25, 0.3) is 0 Å². The van der Waals surface area contributed by atoms with Crippen LogP contribution >= 0.6 is 15.9 Å². The van der Waals surface area contributed by atoms with E-state index in [-0.39, 0.29) is 5.56 Å². The van der Waals surface area contributed by atoms with Crippen LogP contribution in [-0.4, -0.2) is 11.4 Å². The molecule has 1 amide bonds. The van der Waals surface area contributed by atoms with Gasteiger partial charge in [0.05, 0.1) is 6.07 Å². The molecule has 5 heteroatoms. The van der Waals surface area contributed by atoms with Crippen LogP contribution in [-0.2, 0) is 0 Å². The van der Waals surface area contributed by atoms with Crippen molar-refractivity contribution in [3.8, 4) is 6.07 Å². The highest BCUT2D eigenvalue weighted by atomic mass is 79.9. The fraction of sp³-hybridized carbons (Fsp3) is 0.500. The van der Waals surface area contributed by atoms with E-state index in [9.17, 15) is 14.4 Å². The molecular formula is C16H18BrFN2O. The van der Waals surface area contributed by atoms with Gasteiger partial charge < -0.3 is 5.32 Å². The SMILES string of the molecule is CCC1CCC(C#N)(NC(=O)c2cc(F)cc(Br)c2)CC1. The average Bonchev–Trinajstić information content (AvgIpc) is 2.47. The summed E-state index contributed by atoms with van der Waals surface area (Å²) in [6.07, 6.45) is 4.30. The molecule has 0 unspecified atom stereocenters. The van der Waals surface area contributed by atoms with Crippen LogP contribution in [0.3, 0.4) is 0 Å². The van der Waals surface area contributed by atoms with E-state index >= 15 is 0 Å². The number of halogens is 2. The minimum absolute atomic E-state index is 0.231. The number of hydrogen-bond acceptors (Lipinski definition) is 2. The number of amides is 1. The molecule has 1 aromatic carbocycles. The molecule has 21 heavy (non-hydrogen) atoms. The zero-order valence-electron chi connectivity index (χ0n) is 12.0. The predicted octanol–water partition coefficient (Wildman–Crippen LogP) is 4.18. The van der Waals surface area contributed by atoms with Crippen molar-refractivity contribution < 1.29 is 9.18 Å². The predicted molar refractivity (Wildman–Crippen MR) is 82.2 cm³/mol. The maximum Gasteiger partial charge on any atom is 0.252 e. The van der Waals surface area contributed by atoms with Crippen LogP contribution in [0.5, 0.6) is 0 Å². The van der Waals surface area contributed by atoms with Gasteiger partial charge in [-0.25, -0.2) is 4.39 Å². The Morgan fingerprint density at radius 1 is 1.48 bits per heavy atom. The lowest BCUT2D eigenvalue weighted by atomic mass is 9.76. The summed E-state index contributed by atoms with van der Waals surface area (Å²) in [5.74, 6) is -0.242. The number of hydrogen-bond donors (Lipinski definition) is 1. The van der Waals surface area contributed by atoms with E-state index in [1.54, 1.807) is 6.07 Å². The Balaban J connectivity index is 2.12. The van der Waals surface area contributed by atoms with Crippen LogP contribution in [0.4, 0.5) is 4.39 Å². The first kappa shape index (κ1) is 16.0. The third-order valence-corrected chi connectivity index (χ3v) is 4.69. The molecule has 1 aromatic rings. The molecule has 1 aliphatic carbocycles. The first-order valence-electron chi connectivity index (χ1n) is 7.18. The van der Waals surface area contributed by atoms with Crippen LogP contribution in [0, 0.1) is 23.1 Å². The monoisotopic (exact) mass is 352 g/mol. The van der Waals surface area contributed by atoms with Crippen molar-refractivity contribution in [1.82, 2.24) is 5.32 Å². The summed E-state index contributed by atoms with van der Waals surface area (Å²) >= 11 is 3.17. The molecule has 0 heterocycles. The molecule has 0 atom stereocenters. The van der Waals surface area contributed by atoms with E-state index < -0.39 is 17.3 Å². The molecule has 3 nitrogen and oxygen atoms in total. The van der Waals surface area contributed by atoms with Gasteiger partial charge in [0.1, 0.15) is 11.4 Å². The summed E-state index contributed by atoms with van der Waals surface area (Å²) in [4.78, 5) is 12.3. The number of nitriles is 1. The van der Waals surface area contributed by atoms with E-state index in [0.717, 1.165) is 19.3 Å². The summed E-state index contributed by atoms with van der Waals surface area (Å²) in [5, 5.41) is 12.3. The average molecular weight is 353 g/mol. The smallest absolute Gasteiger partial charge is 0.252 e. The minimum atomic E-state index is -0.818. The van der Waals surface area contributed by atoms with Crippen molar-refractivity contribution in [3.05, 3.63) is 34.1 Å². The minimum Gasteiger partial charge on any atom is -0.334 e. The third-order valence-electron chi connectivity index (χ3n) is 4.23. The fourth-order valence-electron chi connectivity index (χ4n) is 2.82. The Bertz CT molecular complexity index is 554. The van der Waals surface area contributed by atoms with Crippen molar-refractivity contribution >= 4 is 21.8 Å². The second-order valence-corrected chi connectivity index (χ2v) is 6.57. The highest BCUT2D eigenvalue weighted by Crippen LogP contribution is 2.33. The topological polar surface area (TPSA) is 52.9 Å². The lowest BCUT2D eigenvalue weighted by Crippen LogP contribution is -2.49. The number of nitrogens with one attached hydrogen (secondary N) is 1. The zero-order chi connectivity index (χ0) is 15.5. The van der Waals surface area contributed by atoms with Crippen LogP contribution in [0.2, 0.25) is 0 Å². The molecule has 0 aliphatic heterocycles. The van der Waals surface area contributed by atoms with Gasteiger partial charge in [0, 0.05) is 10.0 Å². The molecule has 1 N–H and O–H groups in total. The summed E-state index contributed by atoms with van der Waals surface area (Å²) in [7, 11) is 0. The second-order valence-electron chi connectivity index (χ2n) is 5.66. The van der Waals surface area contributed by atoms with Gasteiger partial charge >= 0.3 is 0 Å². The summed E-state index contributed by atoms with van der Waals surface area (Å²) in [6.45, 7) is 2.15. The van der Waals surface area contributed by atoms with Gasteiger partial charge in [-0.2, -0.15) is 5.26 Å². The zero-order valence-corrected chi connectivity index (χ0v) is 13.5. The number of carbonyl (C=O) groups is 1. The second kappa shape index (κ2) is 6.57. The third kappa shape index (κ3) is 3.82. The van der Waals surface area contributed by atoms with Gasteiger partial charge in [-0.15, -0.1) is 0 Å². The van der Waals surface area contributed by atoms with Crippen molar-refractivity contribution in [2.45, 2.75) is 44.6 Å². The van der Waals surface area contributed by atoms with Crippen molar-refractivity contribution in [2.75, 3.05) is 0 Å². The summed E-state index contributed by atoms with van der Waals surface area (Å²) in [5.41, 5.74) is -0.587. The Morgan fingerprint density at radius 3 is 2.67 bits per heavy atom. The van der Waals surface area contributed by atoms with Gasteiger partial charge in [0.25, 0.3) is 5.91 Å². The fourth-order valence-corrected chi connectivity index (χ4v) is 3.28. The molecule has 0 spiro atoms. The van der Waals surface area contributed by atoms with Gasteiger partial charge in [-0.05, 0) is 49.8 Å². The molecule has 0 saturated heterocycles. The van der Waals surface area contributed by atoms with Gasteiger partial charge in [0.2, 0.25) is 0 Å². The first-order valence-corrected chi connectivity index (χ1v) is 7.97. The molecule has 1 aliphatic rings. The van der Waals surface area contributed by atoms with E-state index in [1.807, 2.05) is 0 Å².